The minimum absolute atomic E-state index is 0.0101. The fourth-order valence-electron chi connectivity index (χ4n) is 1.85. The second-order valence-corrected chi connectivity index (χ2v) is 7.64. The molecule has 2 heterocycles. The molecule has 1 N–H and O–H groups in total. The molecule has 0 aromatic carbocycles. The third kappa shape index (κ3) is 2.63. The maximum Gasteiger partial charge on any atom is 0.263 e. The Kier molecular flexibility index (Phi) is 4.53. The Balaban J connectivity index is 2.39. The molecular formula is C12H16ClN3O2S2. The quantitative estimate of drug-likeness (QED) is 0.855. The molecule has 2 rings (SSSR count). The van der Waals surface area contributed by atoms with E-state index in [-0.39, 0.29) is 16.9 Å². The van der Waals surface area contributed by atoms with Gasteiger partial charge >= 0.3 is 0 Å². The molecule has 0 bridgehead atoms. The average molecular weight is 334 g/mol. The zero-order chi connectivity index (χ0) is 14.9. The van der Waals surface area contributed by atoms with Crippen LogP contribution in [0.1, 0.15) is 29.1 Å². The van der Waals surface area contributed by atoms with Gasteiger partial charge in [-0.15, -0.1) is 22.9 Å². The minimum Gasteiger partial charge on any atom is -0.281 e. The summed E-state index contributed by atoms with van der Waals surface area (Å²) in [5, 5.41) is 8.53. The van der Waals surface area contributed by atoms with Crippen LogP contribution in [0.3, 0.4) is 0 Å². The highest BCUT2D eigenvalue weighted by atomic mass is 35.5. The number of nitrogens with one attached hydrogen (secondary N) is 1. The van der Waals surface area contributed by atoms with E-state index in [2.05, 4.69) is 10.2 Å². The fraction of sp³-hybridized carbons (Fsp3) is 0.417. The van der Waals surface area contributed by atoms with Crippen LogP contribution in [-0.2, 0) is 15.9 Å². The average Bonchev–Trinajstić information content (AvgIpc) is 3.05. The Morgan fingerprint density at radius 2 is 2.25 bits per heavy atom. The lowest BCUT2D eigenvalue weighted by Gasteiger charge is -2.22. The van der Waals surface area contributed by atoms with Crippen molar-refractivity contribution in [1.82, 2.24) is 14.5 Å². The smallest absolute Gasteiger partial charge is 0.263 e. The second kappa shape index (κ2) is 5.85. The molecule has 0 aliphatic heterocycles. The van der Waals surface area contributed by atoms with Gasteiger partial charge in [0.25, 0.3) is 10.0 Å². The van der Waals surface area contributed by atoms with Gasteiger partial charge in [0, 0.05) is 23.2 Å². The number of hydrogen-bond donors (Lipinski definition) is 1. The van der Waals surface area contributed by atoms with Crippen LogP contribution in [0, 0.1) is 6.92 Å². The van der Waals surface area contributed by atoms with Gasteiger partial charge < -0.3 is 0 Å². The molecule has 0 saturated carbocycles. The lowest BCUT2D eigenvalue weighted by atomic mass is 10.3. The van der Waals surface area contributed by atoms with Gasteiger partial charge in [-0.3, -0.25) is 5.10 Å². The molecule has 2 aromatic rings. The summed E-state index contributed by atoms with van der Waals surface area (Å²) in [7, 11) is -2.12. The summed E-state index contributed by atoms with van der Waals surface area (Å²) < 4.78 is 26.6. The summed E-state index contributed by atoms with van der Waals surface area (Å²) in [6.07, 6.45) is 0. The first-order valence-electron chi connectivity index (χ1n) is 6.00. The number of hydrogen-bond acceptors (Lipinski definition) is 4. The summed E-state index contributed by atoms with van der Waals surface area (Å²) in [4.78, 5) is 0.982. The van der Waals surface area contributed by atoms with Crippen LogP contribution in [0.2, 0.25) is 0 Å². The summed E-state index contributed by atoms with van der Waals surface area (Å²) in [6.45, 7) is 3.61. The topological polar surface area (TPSA) is 66.1 Å². The summed E-state index contributed by atoms with van der Waals surface area (Å²) in [6, 6.07) is 3.57. The van der Waals surface area contributed by atoms with Crippen LogP contribution in [0.4, 0.5) is 0 Å². The molecule has 5 nitrogen and oxygen atoms in total. The van der Waals surface area contributed by atoms with E-state index in [0.29, 0.717) is 11.3 Å². The molecule has 0 fully saturated rings. The molecule has 1 unspecified atom stereocenters. The van der Waals surface area contributed by atoms with Gasteiger partial charge in [-0.2, -0.15) is 9.40 Å². The Bertz CT molecular complexity index is 680. The van der Waals surface area contributed by atoms with Crippen LogP contribution in [0.5, 0.6) is 0 Å². The van der Waals surface area contributed by atoms with E-state index in [9.17, 15) is 8.42 Å². The van der Waals surface area contributed by atoms with Crippen LogP contribution in [0.25, 0.3) is 0 Å². The lowest BCUT2D eigenvalue weighted by Crippen LogP contribution is -2.30. The normalized spacial score (nSPS) is 13.8. The predicted molar refractivity (Wildman–Crippen MR) is 80.6 cm³/mol. The van der Waals surface area contributed by atoms with Gasteiger partial charge in [0.1, 0.15) is 0 Å². The van der Waals surface area contributed by atoms with E-state index >= 15 is 0 Å². The Hall–Kier alpha value is -0.890. The minimum atomic E-state index is -3.67. The van der Waals surface area contributed by atoms with E-state index in [1.165, 1.54) is 15.6 Å². The van der Waals surface area contributed by atoms with Crippen molar-refractivity contribution in [3.8, 4) is 0 Å². The molecule has 0 radical (unpaired) electrons. The van der Waals surface area contributed by atoms with E-state index in [1.54, 1.807) is 14.0 Å². The zero-order valence-corrected chi connectivity index (χ0v) is 13.8. The third-order valence-corrected chi connectivity index (χ3v) is 6.50. The molecule has 20 heavy (non-hydrogen) atoms. The molecule has 0 spiro atoms. The Morgan fingerprint density at radius 3 is 2.80 bits per heavy atom. The number of aryl methyl sites for hydroxylation is 1. The highest BCUT2D eigenvalue weighted by molar-refractivity contribution is 7.89. The summed E-state index contributed by atoms with van der Waals surface area (Å²) >= 11 is 7.35. The van der Waals surface area contributed by atoms with Gasteiger partial charge in [-0.05, 0) is 25.3 Å². The molecule has 1 atom stereocenters. The van der Waals surface area contributed by atoms with E-state index in [0.717, 1.165) is 4.88 Å². The van der Waals surface area contributed by atoms with Crippen molar-refractivity contribution in [2.75, 3.05) is 7.05 Å². The first-order valence-corrected chi connectivity index (χ1v) is 8.86. The Morgan fingerprint density at radius 1 is 1.55 bits per heavy atom. The SMILES string of the molecule is Cc1[nH]nc(S(=O)(=O)N(C)C(C)c2cccs2)c1CCl. The number of aromatic amines is 1. The number of nitrogens with zero attached hydrogens (tertiary/aromatic N) is 2. The number of thiophene rings is 1. The van der Waals surface area contributed by atoms with Crippen LogP contribution in [0.15, 0.2) is 22.5 Å². The van der Waals surface area contributed by atoms with E-state index in [4.69, 9.17) is 11.6 Å². The largest absolute Gasteiger partial charge is 0.281 e. The molecule has 0 amide bonds. The molecule has 0 aliphatic carbocycles. The monoisotopic (exact) mass is 333 g/mol. The van der Waals surface area contributed by atoms with Crippen molar-refractivity contribution in [3.05, 3.63) is 33.6 Å². The molecule has 110 valence electrons. The fourth-order valence-corrected chi connectivity index (χ4v) is 4.65. The predicted octanol–water partition coefficient (Wildman–Crippen LogP) is 2.90. The lowest BCUT2D eigenvalue weighted by molar-refractivity contribution is 0.400. The second-order valence-electron chi connectivity index (χ2n) is 4.48. The van der Waals surface area contributed by atoms with Crippen molar-refractivity contribution in [2.24, 2.45) is 0 Å². The summed E-state index contributed by atoms with van der Waals surface area (Å²) in [5.74, 6) is 0.109. The van der Waals surface area contributed by atoms with Crippen LogP contribution in [-0.4, -0.2) is 30.0 Å². The number of sulfonamides is 1. The van der Waals surface area contributed by atoms with Gasteiger partial charge in [-0.25, -0.2) is 8.42 Å². The van der Waals surface area contributed by atoms with E-state index < -0.39 is 10.0 Å². The number of aromatic nitrogens is 2. The molecule has 8 heteroatoms. The van der Waals surface area contributed by atoms with Gasteiger partial charge in [0.15, 0.2) is 5.03 Å². The number of alkyl halides is 1. The first kappa shape index (κ1) is 15.5. The molecular weight excluding hydrogens is 318 g/mol. The van der Waals surface area contributed by atoms with Crippen LogP contribution < -0.4 is 0 Å². The maximum atomic E-state index is 12.7. The highest BCUT2D eigenvalue weighted by Gasteiger charge is 2.31. The number of rotatable bonds is 5. The molecule has 0 aliphatic rings. The van der Waals surface area contributed by atoms with Crippen molar-refractivity contribution in [1.29, 1.82) is 0 Å². The molecule has 0 saturated heterocycles. The summed E-state index contributed by atoms with van der Waals surface area (Å²) in [5.41, 5.74) is 1.20. The van der Waals surface area contributed by atoms with E-state index in [1.807, 2.05) is 24.4 Å². The Labute approximate surface area is 127 Å². The zero-order valence-electron chi connectivity index (χ0n) is 11.4. The highest BCUT2D eigenvalue weighted by Crippen LogP contribution is 2.29. The van der Waals surface area contributed by atoms with Gasteiger partial charge in [0.2, 0.25) is 0 Å². The van der Waals surface area contributed by atoms with Crippen LogP contribution >= 0.6 is 22.9 Å². The first-order chi connectivity index (χ1) is 9.39. The maximum absolute atomic E-state index is 12.7. The number of H-pyrrole nitrogens is 1. The van der Waals surface area contributed by atoms with Crippen molar-refractivity contribution < 1.29 is 8.42 Å². The van der Waals surface area contributed by atoms with Gasteiger partial charge in [-0.1, -0.05) is 6.07 Å². The van der Waals surface area contributed by atoms with Crippen molar-refractivity contribution in [2.45, 2.75) is 30.8 Å². The standard InChI is InChI=1S/C12H16ClN3O2S2/c1-8-10(7-13)12(15-14-8)20(17,18)16(3)9(2)11-5-4-6-19-11/h4-6,9H,7H2,1-3H3,(H,14,15). The van der Waals surface area contributed by atoms with Crippen molar-refractivity contribution >= 4 is 33.0 Å². The third-order valence-electron chi connectivity index (χ3n) is 3.29. The number of halogens is 1. The van der Waals surface area contributed by atoms with Gasteiger partial charge in [0.05, 0.1) is 11.9 Å². The molecule has 2 aromatic heterocycles. The van der Waals surface area contributed by atoms with Crippen molar-refractivity contribution in [3.63, 3.8) is 0 Å².